The maximum atomic E-state index is 11.6. The summed E-state index contributed by atoms with van der Waals surface area (Å²) in [6.07, 6.45) is 0. The first-order valence-electron chi connectivity index (χ1n) is 3.58. The van der Waals surface area contributed by atoms with Crippen LogP contribution in [-0.2, 0) is 13.9 Å². The lowest BCUT2D eigenvalue weighted by Crippen LogP contribution is -2.16. The van der Waals surface area contributed by atoms with E-state index in [0.29, 0.717) is 0 Å². The van der Waals surface area contributed by atoms with E-state index in [1.54, 1.807) is 6.92 Å². The van der Waals surface area contributed by atoms with Gasteiger partial charge in [-0.05, 0) is 19.7 Å². The van der Waals surface area contributed by atoms with Crippen LogP contribution < -0.4 is 0 Å². The van der Waals surface area contributed by atoms with Crippen molar-refractivity contribution in [3.05, 3.63) is 12.4 Å². The molecular weight excluding hydrogens is 179 g/mol. The average molecular weight is 192 g/mol. The molecule has 0 aliphatic heterocycles. The Morgan fingerprint density at radius 1 is 1.83 bits per heavy atom. The summed E-state index contributed by atoms with van der Waals surface area (Å²) in [5, 5.41) is 8.58. The van der Waals surface area contributed by atoms with Crippen LogP contribution in [0.5, 0.6) is 0 Å². The Hall–Kier alpha value is -0.600. The number of carboxylic acid groups (broad SMARTS) is 1. The van der Waals surface area contributed by atoms with Crippen LogP contribution >= 0.6 is 7.37 Å². The monoisotopic (exact) mass is 192 g/mol. The molecule has 0 fully saturated rings. The number of aliphatic carboxylic acids is 1. The lowest BCUT2D eigenvalue weighted by molar-refractivity contribution is -0.136. The van der Waals surface area contributed by atoms with Gasteiger partial charge in [0.15, 0.2) is 0 Å². The van der Waals surface area contributed by atoms with E-state index in [9.17, 15) is 9.36 Å². The van der Waals surface area contributed by atoms with Crippen LogP contribution in [0.25, 0.3) is 0 Å². The topological polar surface area (TPSA) is 63.6 Å². The van der Waals surface area contributed by atoms with Gasteiger partial charge in [0.2, 0.25) is 7.37 Å². The quantitative estimate of drug-likeness (QED) is 0.676. The van der Waals surface area contributed by atoms with E-state index in [0.717, 1.165) is 5.82 Å². The van der Waals surface area contributed by atoms with E-state index in [-0.39, 0.29) is 6.61 Å². The van der Waals surface area contributed by atoms with Crippen LogP contribution in [0.15, 0.2) is 12.4 Å². The van der Waals surface area contributed by atoms with Gasteiger partial charge in [-0.1, -0.05) is 6.58 Å². The molecule has 0 aromatic rings. The summed E-state index contributed by atoms with van der Waals surface area (Å²) in [6, 6.07) is 0. The summed E-state index contributed by atoms with van der Waals surface area (Å²) in [5.41, 5.74) is -1.02. The van der Waals surface area contributed by atoms with Crippen molar-refractivity contribution in [3.63, 3.8) is 0 Å². The zero-order valence-electron chi connectivity index (χ0n) is 7.19. The molecular formula is C7H13O4P. The molecule has 0 saturated heterocycles. The van der Waals surface area contributed by atoms with Crippen LogP contribution in [-0.4, -0.2) is 23.3 Å². The van der Waals surface area contributed by atoms with E-state index in [4.69, 9.17) is 9.63 Å². The fraction of sp³-hybridized carbons (Fsp3) is 0.571. The lowest BCUT2D eigenvalue weighted by Gasteiger charge is -2.16. The van der Waals surface area contributed by atoms with E-state index in [1.165, 1.54) is 6.92 Å². The summed E-state index contributed by atoms with van der Waals surface area (Å²) < 4.78 is 16.5. The second-order valence-electron chi connectivity index (χ2n) is 2.26. The highest BCUT2D eigenvalue weighted by atomic mass is 31.2. The van der Waals surface area contributed by atoms with Crippen molar-refractivity contribution in [2.45, 2.75) is 19.5 Å². The van der Waals surface area contributed by atoms with E-state index >= 15 is 0 Å². The second-order valence-corrected chi connectivity index (χ2v) is 4.95. The van der Waals surface area contributed by atoms with Crippen LogP contribution in [0.1, 0.15) is 13.8 Å². The molecule has 0 bridgehead atoms. The maximum absolute atomic E-state index is 11.6. The van der Waals surface area contributed by atoms with Crippen molar-refractivity contribution in [3.8, 4) is 0 Å². The largest absolute Gasteiger partial charge is 0.481 e. The smallest absolute Gasteiger partial charge is 0.316 e. The minimum absolute atomic E-state index is 0.223. The Bertz CT molecular complexity index is 223. The molecule has 0 aliphatic carbocycles. The van der Waals surface area contributed by atoms with E-state index in [2.05, 4.69) is 6.58 Å². The van der Waals surface area contributed by atoms with Gasteiger partial charge in [0.05, 0.1) is 6.61 Å². The highest BCUT2D eigenvalue weighted by Crippen LogP contribution is 2.52. The third-order valence-electron chi connectivity index (χ3n) is 1.48. The predicted molar refractivity (Wildman–Crippen MR) is 46.5 cm³/mol. The molecule has 2 unspecified atom stereocenters. The Morgan fingerprint density at radius 3 is 2.58 bits per heavy atom. The van der Waals surface area contributed by atoms with Gasteiger partial charge < -0.3 is 9.63 Å². The Labute approximate surface area is 71.7 Å². The molecule has 0 aromatic carbocycles. The SMILES string of the molecule is C=CP(=O)(OCC)C(C)C(=O)O. The summed E-state index contributed by atoms with van der Waals surface area (Å²) in [5.74, 6) is -0.0402. The number of rotatable bonds is 5. The van der Waals surface area contributed by atoms with Gasteiger partial charge >= 0.3 is 5.97 Å². The standard InChI is InChI=1S/C7H13O4P/c1-4-11-12(10,5-2)6(3)7(8)9/h5-6H,2,4H2,1,3H3,(H,8,9). The van der Waals surface area contributed by atoms with E-state index in [1.807, 2.05) is 0 Å². The van der Waals surface area contributed by atoms with Crippen molar-refractivity contribution in [2.24, 2.45) is 0 Å². The van der Waals surface area contributed by atoms with Gasteiger partial charge in [-0.2, -0.15) is 0 Å². The number of hydrogen-bond donors (Lipinski definition) is 1. The van der Waals surface area contributed by atoms with Gasteiger partial charge in [0.1, 0.15) is 5.66 Å². The molecule has 0 heterocycles. The van der Waals surface area contributed by atoms with Gasteiger partial charge in [0.25, 0.3) is 0 Å². The molecule has 4 nitrogen and oxygen atoms in total. The fourth-order valence-corrected chi connectivity index (χ4v) is 2.04. The first-order chi connectivity index (χ1) is 5.48. The molecule has 0 saturated carbocycles. The van der Waals surface area contributed by atoms with Crippen LogP contribution in [0.4, 0.5) is 0 Å². The van der Waals surface area contributed by atoms with Crippen LogP contribution in [0.3, 0.4) is 0 Å². The minimum Gasteiger partial charge on any atom is -0.481 e. The summed E-state index contributed by atoms with van der Waals surface area (Å²) >= 11 is 0. The van der Waals surface area contributed by atoms with Crippen LogP contribution in [0.2, 0.25) is 0 Å². The molecule has 0 aromatic heterocycles. The molecule has 5 heteroatoms. The Morgan fingerprint density at radius 2 is 2.33 bits per heavy atom. The van der Waals surface area contributed by atoms with E-state index < -0.39 is 19.0 Å². The summed E-state index contributed by atoms with van der Waals surface area (Å²) in [6.45, 7) is 6.53. The number of carboxylic acids is 1. The van der Waals surface area contributed by atoms with Crippen molar-refractivity contribution in [2.75, 3.05) is 6.61 Å². The zero-order valence-corrected chi connectivity index (χ0v) is 8.08. The van der Waals surface area contributed by atoms with Crippen molar-refractivity contribution < 1.29 is 19.0 Å². The first kappa shape index (κ1) is 11.4. The Kier molecular flexibility index (Phi) is 4.21. The first-order valence-corrected chi connectivity index (χ1v) is 5.34. The highest BCUT2D eigenvalue weighted by Gasteiger charge is 2.32. The van der Waals surface area contributed by atoms with Crippen molar-refractivity contribution in [1.82, 2.24) is 0 Å². The molecule has 12 heavy (non-hydrogen) atoms. The molecule has 0 aliphatic rings. The average Bonchev–Trinajstić information content (AvgIpc) is 2.03. The van der Waals surface area contributed by atoms with Gasteiger partial charge in [0, 0.05) is 0 Å². The molecule has 0 amide bonds. The molecule has 70 valence electrons. The van der Waals surface area contributed by atoms with Crippen molar-refractivity contribution in [1.29, 1.82) is 0 Å². The van der Waals surface area contributed by atoms with Gasteiger partial charge in [-0.15, -0.1) is 0 Å². The third-order valence-corrected chi connectivity index (χ3v) is 3.95. The number of carbonyl (C=O) groups is 1. The maximum Gasteiger partial charge on any atom is 0.316 e. The molecule has 0 radical (unpaired) electrons. The van der Waals surface area contributed by atoms with Gasteiger partial charge in [-0.3, -0.25) is 9.36 Å². The summed E-state index contributed by atoms with van der Waals surface area (Å²) in [4.78, 5) is 10.5. The second kappa shape index (κ2) is 4.43. The summed E-state index contributed by atoms with van der Waals surface area (Å²) in [7, 11) is -3.18. The lowest BCUT2D eigenvalue weighted by atomic mass is 10.5. The predicted octanol–water partition coefficient (Wildman–Crippen LogP) is 1.92. The minimum atomic E-state index is -3.18. The third kappa shape index (κ3) is 2.47. The molecule has 1 N–H and O–H groups in total. The normalized spacial score (nSPS) is 17.8. The molecule has 2 atom stereocenters. The molecule has 0 spiro atoms. The highest BCUT2D eigenvalue weighted by molar-refractivity contribution is 7.63. The molecule has 0 rings (SSSR count). The van der Waals surface area contributed by atoms with Crippen molar-refractivity contribution >= 4 is 13.3 Å². The number of hydrogen-bond acceptors (Lipinski definition) is 3. The Balaban J connectivity index is 4.63. The zero-order chi connectivity index (χ0) is 9.78. The van der Waals surface area contributed by atoms with Crippen LogP contribution in [0, 0.1) is 0 Å². The van der Waals surface area contributed by atoms with Gasteiger partial charge in [-0.25, -0.2) is 0 Å². The fourth-order valence-electron chi connectivity index (χ4n) is 0.678.